The van der Waals surface area contributed by atoms with Crippen LogP contribution in [0.5, 0.6) is 0 Å². The minimum Gasteiger partial charge on any atom is -0.368 e. The Morgan fingerprint density at radius 2 is 1.67 bits per heavy atom. The summed E-state index contributed by atoms with van der Waals surface area (Å²) in [6.07, 6.45) is -0.0893. The molecule has 0 spiro atoms. The molecule has 1 amide bonds. The summed E-state index contributed by atoms with van der Waals surface area (Å²) in [6, 6.07) is 23.5. The summed E-state index contributed by atoms with van der Waals surface area (Å²) in [4.78, 5) is 17.1. The number of nitrogens with zero attached hydrogens (tertiary/aromatic N) is 2. The first-order valence-corrected chi connectivity index (χ1v) is 11.9. The number of benzene rings is 3. The van der Waals surface area contributed by atoms with Crippen molar-refractivity contribution in [1.82, 2.24) is 9.80 Å². The molecule has 4 rings (SSSR count). The highest BCUT2D eigenvalue weighted by Crippen LogP contribution is 2.24. The van der Waals surface area contributed by atoms with Gasteiger partial charge in [0.05, 0.1) is 23.3 Å². The van der Waals surface area contributed by atoms with Gasteiger partial charge in [0.2, 0.25) is 0 Å². The van der Waals surface area contributed by atoms with Crippen molar-refractivity contribution in [3.8, 4) is 0 Å². The van der Waals surface area contributed by atoms with Gasteiger partial charge >= 0.3 is 0 Å². The van der Waals surface area contributed by atoms with Gasteiger partial charge in [-0.25, -0.2) is 0 Å². The predicted octanol–water partition coefficient (Wildman–Crippen LogP) is 6.02. The molecular weight excluding hydrogens is 455 g/mol. The Hall–Kier alpha value is -2.37. The van der Waals surface area contributed by atoms with Crippen LogP contribution in [0, 0.1) is 6.92 Å². The van der Waals surface area contributed by atoms with E-state index in [9.17, 15) is 4.79 Å². The molecule has 1 aliphatic rings. The summed E-state index contributed by atoms with van der Waals surface area (Å²) in [7, 11) is 0. The second-order valence-corrected chi connectivity index (χ2v) is 9.26. The molecule has 0 unspecified atom stereocenters. The molecule has 0 N–H and O–H groups in total. The van der Waals surface area contributed by atoms with Crippen LogP contribution in [0.1, 0.15) is 33.2 Å². The van der Waals surface area contributed by atoms with Gasteiger partial charge in [0, 0.05) is 37.7 Å². The number of hydrogen-bond donors (Lipinski definition) is 0. The third-order valence-electron chi connectivity index (χ3n) is 5.96. The predicted molar refractivity (Wildman–Crippen MR) is 134 cm³/mol. The van der Waals surface area contributed by atoms with E-state index in [4.69, 9.17) is 27.9 Å². The van der Waals surface area contributed by atoms with Gasteiger partial charge in [-0.15, -0.1) is 0 Å². The van der Waals surface area contributed by atoms with Crippen molar-refractivity contribution in [2.24, 2.45) is 0 Å². The van der Waals surface area contributed by atoms with Crippen LogP contribution < -0.4 is 0 Å². The fraction of sp³-hybridized carbons (Fsp3) is 0.296. The molecule has 0 aromatic heterocycles. The van der Waals surface area contributed by atoms with Crippen LogP contribution in [0.15, 0.2) is 72.8 Å². The molecule has 33 heavy (non-hydrogen) atoms. The Bertz CT molecular complexity index is 1080. The number of ether oxygens (including phenoxy) is 1. The zero-order chi connectivity index (χ0) is 23.2. The van der Waals surface area contributed by atoms with Crippen molar-refractivity contribution in [2.75, 3.05) is 32.7 Å². The molecule has 1 atom stereocenters. The quantitative estimate of drug-likeness (QED) is 0.412. The molecule has 3 aromatic carbocycles. The van der Waals surface area contributed by atoms with Gasteiger partial charge in [-0.05, 0) is 42.3 Å². The lowest BCUT2D eigenvalue weighted by Crippen LogP contribution is -2.49. The van der Waals surface area contributed by atoms with E-state index in [1.807, 2.05) is 41.3 Å². The maximum Gasteiger partial charge on any atom is 0.255 e. The summed E-state index contributed by atoms with van der Waals surface area (Å²) in [5.41, 5.74) is 4.04. The Balaban J connectivity index is 1.39. The first-order chi connectivity index (χ1) is 16.0. The summed E-state index contributed by atoms with van der Waals surface area (Å²) in [6.45, 7) is 6.28. The molecule has 0 radical (unpaired) electrons. The van der Waals surface area contributed by atoms with E-state index in [-0.39, 0.29) is 12.0 Å². The number of amides is 1. The van der Waals surface area contributed by atoms with Crippen molar-refractivity contribution in [3.05, 3.63) is 105 Å². The van der Waals surface area contributed by atoms with Crippen molar-refractivity contribution in [2.45, 2.75) is 19.6 Å². The number of carbonyl (C=O) groups excluding carboxylic acids is 1. The van der Waals surface area contributed by atoms with Crippen LogP contribution in [0.2, 0.25) is 10.0 Å². The SMILES string of the molecule is Cc1cccc(CO[C@H](CN2CCN(C(=O)c3ccccc3Cl)CC2)c2ccc(Cl)cc2)c1. The number of hydrogen-bond acceptors (Lipinski definition) is 3. The molecule has 6 heteroatoms. The van der Waals surface area contributed by atoms with E-state index in [0.717, 1.165) is 30.8 Å². The van der Waals surface area contributed by atoms with Gasteiger partial charge in [0.1, 0.15) is 0 Å². The Kier molecular flexibility index (Phi) is 8.05. The molecule has 172 valence electrons. The van der Waals surface area contributed by atoms with Crippen LogP contribution in [0.3, 0.4) is 0 Å². The standard InChI is InChI=1S/C27H28Cl2N2O2/c1-20-5-4-6-21(17-20)19-33-26(22-9-11-23(28)12-10-22)18-30-13-15-31(16-14-30)27(32)24-7-2-3-8-25(24)29/h2-12,17,26H,13-16,18-19H2,1H3/t26-/m1/s1. The Labute approximate surface area is 205 Å². The van der Waals surface area contributed by atoms with E-state index >= 15 is 0 Å². The van der Waals surface area contributed by atoms with Crippen LogP contribution in [-0.4, -0.2) is 48.4 Å². The topological polar surface area (TPSA) is 32.8 Å². The minimum atomic E-state index is -0.0893. The Morgan fingerprint density at radius 1 is 0.939 bits per heavy atom. The fourth-order valence-electron chi connectivity index (χ4n) is 4.10. The number of halogens is 2. The molecule has 1 fully saturated rings. The minimum absolute atomic E-state index is 0.00908. The van der Waals surface area contributed by atoms with Crippen LogP contribution in [0.25, 0.3) is 0 Å². The van der Waals surface area contributed by atoms with Crippen LogP contribution in [-0.2, 0) is 11.3 Å². The average Bonchev–Trinajstić information content (AvgIpc) is 2.83. The Morgan fingerprint density at radius 3 is 2.36 bits per heavy atom. The molecule has 1 saturated heterocycles. The average molecular weight is 483 g/mol. The maximum atomic E-state index is 12.9. The zero-order valence-electron chi connectivity index (χ0n) is 18.7. The molecule has 0 saturated carbocycles. The maximum absolute atomic E-state index is 12.9. The van der Waals surface area contributed by atoms with Crippen molar-refractivity contribution >= 4 is 29.1 Å². The lowest BCUT2D eigenvalue weighted by molar-refractivity contribution is 0.00341. The summed E-state index contributed by atoms with van der Waals surface area (Å²) < 4.78 is 6.39. The van der Waals surface area contributed by atoms with E-state index in [2.05, 4.69) is 36.1 Å². The summed E-state index contributed by atoms with van der Waals surface area (Å²) in [5.74, 6) is -0.00908. The van der Waals surface area contributed by atoms with Gasteiger partial charge in [-0.2, -0.15) is 0 Å². The van der Waals surface area contributed by atoms with Gasteiger partial charge in [-0.3, -0.25) is 9.69 Å². The highest BCUT2D eigenvalue weighted by Gasteiger charge is 2.25. The lowest BCUT2D eigenvalue weighted by Gasteiger charge is -2.36. The fourth-order valence-corrected chi connectivity index (χ4v) is 4.45. The number of aryl methyl sites for hydroxylation is 1. The molecule has 0 bridgehead atoms. The van der Waals surface area contributed by atoms with E-state index < -0.39 is 0 Å². The summed E-state index contributed by atoms with van der Waals surface area (Å²) >= 11 is 12.3. The molecule has 0 aliphatic carbocycles. The monoisotopic (exact) mass is 482 g/mol. The molecule has 1 aliphatic heterocycles. The number of rotatable bonds is 7. The third-order valence-corrected chi connectivity index (χ3v) is 6.54. The molecule has 1 heterocycles. The van der Waals surface area contributed by atoms with E-state index in [0.29, 0.717) is 35.3 Å². The van der Waals surface area contributed by atoms with Crippen molar-refractivity contribution in [1.29, 1.82) is 0 Å². The molecule has 4 nitrogen and oxygen atoms in total. The highest BCUT2D eigenvalue weighted by atomic mass is 35.5. The lowest BCUT2D eigenvalue weighted by atomic mass is 10.1. The van der Waals surface area contributed by atoms with Gasteiger partial charge < -0.3 is 9.64 Å². The largest absolute Gasteiger partial charge is 0.368 e. The normalized spacial score (nSPS) is 15.4. The number of carbonyl (C=O) groups is 1. The smallest absolute Gasteiger partial charge is 0.255 e. The third kappa shape index (κ3) is 6.36. The van der Waals surface area contributed by atoms with Crippen molar-refractivity contribution in [3.63, 3.8) is 0 Å². The molecule has 3 aromatic rings. The van der Waals surface area contributed by atoms with E-state index in [1.165, 1.54) is 5.56 Å². The second-order valence-electron chi connectivity index (χ2n) is 8.41. The van der Waals surface area contributed by atoms with Crippen LogP contribution in [0.4, 0.5) is 0 Å². The zero-order valence-corrected chi connectivity index (χ0v) is 20.2. The molecular formula is C27H28Cl2N2O2. The van der Waals surface area contributed by atoms with E-state index in [1.54, 1.807) is 12.1 Å². The van der Waals surface area contributed by atoms with Crippen LogP contribution >= 0.6 is 23.2 Å². The summed E-state index contributed by atoms with van der Waals surface area (Å²) in [5, 5.41) is 1.21. The van der Waals surface area contributed by atoms with Gasteiger partial charge in [0.25, 0.3) is 5.91 Å². The van der Waals surface area contributed by atoms with Crippen molar-refractivity contribution < 1.29 is 9.53 Å². The van der Waals surface area contributed by atoms with Gasteiger partial charge in [0.15, 0.2) is 0 Å². The van der Waals surface area contributed by atoms with Gasteiger partial charge in [-0.1, -0.05) is 77.3 Å². The highest BCUT2D eigenvalue weighted by molar-refractivity contribution is 6.33. The second kappa shape index (κ2) is 11.2. The first-order valence-electron chi connectivity index (χ1n) is 11.2. The first kappa shape index (κ1) is 23.8. The number of piperazine rings is 1.